The second kappa shape index (κ2) is 5.17. The van der Waals surface area contributed by atoms with E-state index in [0.29, 0.717) is 17.9 Å². The molecular formula is C13H26N2O. The number of likely N-dealkylation sites (tertiary alicyclic amines) is 1. The quantitative estimate of drug-likeness (QED) is 0.717. The number of likely N-dealkylation sites (N-methyl/N-ethyl adjacent to an activating group) is 1. The number of hydrogen-bond donors (Lipinski definition) is 0. The van der Waals surface area contributed by atoms with Gasteiger partial charge in [-0.1, -0.05) is 20.8 Å². The minimum Gasteiger partial charge on any atom is -0.341 e. The molecule has 1 heterocycles. The Bertz CT molecular complexity index is 243. The van der Waals surface area contributed by atoms with E-state index in [1.165, 1.54) is 6.42 Å². The molecule has 0 aromatic heterocycles. The molecule has 16 heavy (non-hydrogen) atoms. The molecule has 3 nitrogen and oxygen atoms in total. The van der Waals surface area contributed by atoms with Crippen LogP contribution in [0.5, 0.6) is 0 Å². The lowest BCUT2D eigenvalue weighted by Crippen LogP contribution is -2.46. The molecule has 0 aromatic rings. The zero-order valence-electron chi connectivity index (χ0n) is 11.4. The van der Waals surface area contributed by atoms with Crippen LogP contribution in [-0.4, -0.2) is 49.4 Å². The molecule has 1 atom stereocenters. The second-order valence-electron chi connectivity index (χ2n) is 6.28. The van der Waals surface area contributed by atoms with Crippen molar-refractivity contribution in [3.8, 4) is 0 Å². The molecule has 0 spiro atoms. The predicted molar refractivity (Wildman–Crippen MR) is 67.3 cm³/mol. The molecule has 3 heteroatoms. The van der Waals surface area contributed by atoms with Crippen LogP contribution in [0.2, 0.25) is 0 Å². The molecule has 1 fully saturated rings. The van der Waals surface area contributed by atoms with Crippen LogP contribution in [0, 0.1) is 11.3 Å². The third-order valence-corrected chi connectivity index (χ3v) is 3.45. The van der Waals surface area contributed by atoms with Gasteiger partial charge in [0.05, 0.1) is 6.54 Å². The molecule has 0 aliphatic carbocycles. The van der Waals surface area contributed by atoms with Crippen LogP contribution in [0.4, 0.5) is 0 Å². The van der Waals surface area contributed by atoms with E-state index < -0.39 is 0 Å². The average molecular weight is 226 g/mol. The maximum atomic E-state index is 12.0. The molecule has 0 saturated carbocycles. The fraction of sp³-hybridized carbons (Fsp3) is 0.923. The Balaban J connectivity index is 2.54. The van der Waals surface area contributed by atoms with Crippen molar-refractivity contribution in [1.29, 1.82) is 0 Å². The number of carbonyl (C=O) groups excluding carboxylic acids is 1. The van der Waals surface area contributed by atoms with Crippen LogP contribution in [0.25, 0.3) is 0 Å². The van der Waals surface area contributed by atoms with Crippen LogP contribution in [-0.2, 0) is 4.79 Å². The Morgan fingerprint density at radius 2 is 2.00 bits per heavy atom. The summed E-state index contributed by atoms with van der Waals surface area (Å²) in [5.74, 6) is 0.923. The van der Waals surface area contributed by atoms with Gasteiger partial charge in [-0.05, 0) is 38.3 Å². The SMILES string of the molecule is CN(C)CC(=O)N1CCCC(C(C)(C)C)C1. The van der Waals surface area contributed by atoms with Gasteiger partial charge in [0.2, 0.25) is 5.91 Å². The Morgan fingerprint density at radius 1 is 1.38 bits per heavy atom. The fourth-order valence-electron chi connectivity index (χ4n) is 2.28. The molecule has 0 bridgehead atoms. The normalized spacial score (nSPS) is 22.6. The van der Waals surface area contributed by atoms with Gasteiger partial charge in [-0.3, -0.25) is 4.79 Å². The molecule has 0 N–H and O–H groups in total. The van der Waals surface area contributed by atoms with Crippen LogP contribution >= 0.6 is 0 Å². The van der Waals surface area contributed by atoms with E-state index >= 15 is 0 Å². The van der Waals surface area contributed by atoms with Crippen LogP contribution in [0.1, 0.15) is 33.6 Å². The monoisotopic (exact) mass is 226 g/mol. The molecule has 0 radical (unpaired) electrons. The van der Waals surface area contributed by atoms with Crippen molar-refractivity contribution in [2.45, 2.75) is 33.6 Å². The third-order valence-electron chi connectivity index (χ3n) is 3.45. The van der Waals surface area contributed by atoms with Gasteiger partial charge in [-0.15, -0.1) is 0 Å². The molecule has 1 saturated heterocycles. The predicted octanol–water partition coefficient (Wildman–Crippen LogP) is 1.83. The Hall–Kier alpha value is -0.570. The zero-order valence-corrected chi connectivity index (χ0v) is 11.4. The van der Waals surface area contributed by atoms with E-state index in [1.54, 1.807) is 0 Å². The van der Waals surface area contributed by atoms with Crippen molar-refractivity contribution < 1.29 is 4.79 Å². The summed E-state index contributed by atoms with van der Waals surface area (Å²) in [7, 11) is 3.90. The van der Waals surface area contributed by atoms with Gasteiger partial charge in [0.15, 0.2) is 0 Å². The van der Waals surface area contributed by atoms with Crippen molar-refractivity contribution >= 4 is 5.91 Å². The summed E-state index contributed by atoms with van der Waals surface area (Å²) in [4.78, 5) is 16.0. The number of hydrogen-bond acceptors (Lipinski definition) is 2. The van der Waals surface area contributed by atoms with Gasteiger partial charge in [-0.2, -0.15) is 0 Å². The summed E-state index contributed by atoms with van der Waals surface area (Å²) in [6.07, 6.45) is 2.41. The van der Waals surface area contributed by atoms with Gasteiger partial charge in [0.1, 0.15) is 0 Å². The lowest BCUT2D eigenvalue weighted by Gasteiger charge is -2.40. The number of rotatable bonds is 2. The highest BCUT2D eigenvalue weighted by Crippen LogP contribution is 2.33. The lowest BCUT2D eigenvalue weighted by atomic mass is 9.76. The second-order valence-corrected chi connectivity index (χ2v) is 6.28. The van der Waals surface area contributed by atoms with Gasteiger partial charge in [0, 0.05) is 13.1 Å². The molecule has 1 aliphatic rings. The summed E-state index contributed by atoms with van der Waals surface area (Å²) >= 11 is 0. The standard InChI is InChI=1S/C13H26N2O/c1-13(2,3)11-7-6-8-15(9-11)12(16)10-14(4)5/h11H,6-10H2,1-5H3. The first kappa shape index (κ1) is 13.5. The maximum absolute atomic E-state index is 12.0. The van der Waals surface area contributed by atoms with Crippen molar-refractivity contribution in [1.82, 2.24) is 9.80 Å². The van der Waals surface area contributed by atoms with Crippen molar-refractivity contribution in [2.75, 3.05) is 33.7 Å². The molecule has 1 amide bonds. The van der Waals surface area contributed by atoms with Crippen LogP contribution in [0.3, 0.4) is 0 Å². The summed E-state index contributed by atoms with van der Waals surface area (Å²) in [6, 6.07) is 0. The lowest BCUT2D eigenvalue weighted by molar-refractivity contribution is -0.134. The first-order chi connectivity index (χ1) is 7.30. The van der Waals surface area contributed by atoms with Gasteiger partial charge < -0.3 is 9.80 Å². The highest BCUT2D eigenvalue weighted by Gasteiger charge is 2.31. The van der Waals surface area contributed by atoms with E-state index in [0.717, 1.165) is 19.5 Å². The van der Waals surface area contributed by atoms with E-state index in [2.05, 4.69) is 20.8 Å². The summed E-state index contributed by atoms with van der Waals surface area (Å²) in [6.45, 7) is 9.25. The molecule has 94 valence electrons. The van der Waals surface area contributed by atoms with Crippen LogP contribution < -0.4 is 0 Å². The van der Waals surface area contributed by atoms with Crippen LogP contribution in [0.15, 0.2) is 0 Å². The number of piperidine rings is 1. The Morgan fingerprint density at radius 3 is 2.50 bits per heavy atom. The first-order valence-corrected chi connectivity index (χ1v) is 6.23. The molecule has 0 aromatic carbocycles. The van der Waals surface area contributed by atoms with Gasteiger partial charge in [-0.25, -0.2) is 0 Å². The number of carbonyl (C=O) groups is 1. The van der Waals surface area contributed by atoms with Gasteiger partial charge >= 0.3 is 0 Å². The van der Waals surface area contributed by atoms with Crippen molar-refractivity contribution in [2.24, 2.45) is 11.3 Å². The third kappa shape index (κ3) is 3.78. The van der Waals surface area contributed by atoms with Gasteiger partial charge in [0.25, 0.3) is 0 Å². The minimum absolute atomic E-state index is 0.277. The maximum Gasteiger partial charge on any atom is 0.236 e. The molecule has 1 aliphatic heterocycles. The van der Waals surface area contributed by atoms with E-state index in [4.69, 9.17) is 0 Å². The number of amides is 1. The number of nitrogens with zero attached hydrogens (tertiary/aromatic N) is 2. The Kier molecular flexibility index (Phi) is 4.36. The summed E-state index contributed by atoms with van der Waals surface area (Å²) in [5, 5.41) is 0. The van der Waals surface area contributed by atoms with E-state index in [9.17, 15) is 4.79 Å². The van der Waals surface area contributed by atoms with E-state index in [-0.39, 0.29) is 5.91 Å². The Labute approximate surface area is 99.8 Å². The van der Waals surface area contributed by atoms with E-state index in [1.807, 2.05) is 23.9 Å². The average Bonchev–Trinajstić information content (AvgIpc) is 2.15. The fourth-order valence-corrected chi connectivity index (χ4v) is 2.28. The molecule has 1 unspecified atom stereocenters. The molecule has 1 rings (SSSR count). The zero-order chi connectivity index (χ0) is 12.3. The first-order valence-electron chi connectivity index (χ1n) is 6.23. The smallest absolute Gasteiger partial charge is 0.236 e. The highest BCUT2D eigenvalue weighted by atomic mass is 16.2. The topological polar surface area (TPSA) is 23.6 Å². The summed E-state index contributed by atoms with van der Waals surface area (Å²) < 4.78 is 0. The van der Waals surface area contributed by atoms with Crippen molar-refractivity contribution in [3.63, 3.8) is 0 Å². The van der Waals surface area contributed by atoms with Crippen molar-refractivity contribution in [3.05, 3.63) is 0 Å². The molecular weight excluding hydrogens is 200 g/mol. The minimum atomic E-state index is 0.277. The largest absolute Gasteiger partial charge is 0.341 e. The highest BCUT2D eigenvalue weighted by molar-refractivity contribution is 5.78. The summed E-state index contributed by atoms with van der Waals surface area (Å²) in [5.41, 5.74) is 0.317.